The molecule has 1 aromatic rings. The lowest BCUT2D eigenvalue weighted by molar-refractivity contribution is -0.255. The van der Waals surface area contributed by atoms with Crippen LogP contribution in [-0.4, -0.2) is 11.0 Å². The summed E-state index contributed by atoms with van der Waals surface area (Å²) in [6.07, 6.45) is 1.31. The van der Waals surface area contributed by atoms with Crippen molar-refractivity contribution in [3.05, 3.63) is 29.0 Å². The highest BCUT2D eigenvalue weighted by Crippen LogP contribution is 2.06. The van der Waals surface area contributed by atoms with Crippen LogP contribution in [0.25, 0.3) is 0 Å². The molecule has 0 saturated heterocycles. The maximum Gasteiger partial charge on any atom is 0.0900 e. The van der Waals surface area contributed by atoms with Gasteiger partial charge in [0.25, 0.3) is 0 Å². The number of carbonyl (C=O) groups excluding carboxylic acids is 1. The van der Waals surface area contributed by atoms with Crippen molar-refractivity contribution in [1.29, 1.82) is 0 Å². The van der Waals surface area contributed by atoms with E-state index in [1.54, 1.807) is 0 Å². The predicted octanol–water partition coefficient (Wildman–Crippen LogP) is 0.735. The van der Waals surface area contributed by atoms with Gasteiger partial charge in [-0.15, -0.1) is 0 Å². The van der Waals surface area contributed by atoms with Crippen LogP contribution in [0.4, 0.5) is 0 Å². The first-order chi connectivity index (χ1) is 4.70. The van der Waals surface area contributed by atoms with Gasteiger partial charge in [-0.1, -0.05) is 19.0 Å². The lowest BCUT2D eigenvalue weighted by atomic mass is 10.4. The molecule has 0 aliphatic heterocycles. The third kappa shape index (κ3) is 2.55. The number of aromatic carboxylic acids is 1. The number of hydrogen-bond acceptors (Lipinski definition) is 3. The van der Waals surface area contributed by atoms with Gasteiger partial charge in [-0.05, 0) is 12.1 Å². The third-order valence-electron chi connectivity index (χ3n) is 0.931. The van der Waals surface area contributed by atoms with Gasteiger partial charge in [0.2, 0.25) is 0 Å². The Morgan fingerprint density at radius 3 is 2.64 bits per heavy atom. The normalized spacial score (nSPS) is 8.45. The molecule has 0 spiro atoms. The van der Waals surface area contributed by atoms with E-state index < -0.39 is 5.97 Å². The number of rotatable bonds is 1. The fourth-order valence-electron chi connectivity index (χ4n) is 0.516. The summed E-state index contributed by atoms with van der Waals surface area (Å²) in [4.78, 5) is 13.6. The fourth-order valence-corrected chi connectivity index (χ4v) is 0.676. The second-order valence-electron chi connectivity index (χ2n) is 1.65. The molecular formula is C7H7ClNO2-. The van der Waals surface area contributed by atoms with Crippen LogP contribution in [0.3, 0.4) is 0 Å². The first-order valence-corrected chi connectivity index (χ1v) is 2.91. The van der Waals surface area contributed by atoms with E-state index in [0.29, 0.717) is 5.02 Å². The lowest BCUT2D eigenvalue weighted by Gasteiger charge is -1.98. The summed E-state index contributed by atoms with van der Waals surface area (Å²) in [5.41, 5.74) is -0.146. The molecule has 4 heteroatoms. The molecule has 11 heavy (non-hydrogen) atoms. The van der Waals surface area contributed by atoms with Crippen LogP contribution < -0.4 is 5.11 Å². The molecule has 0 atom stereocenters. The monoisotopic (exact) mass is 172 g/mol. The Morgan fingerprint density at radius 2 is 2.27 bits per heavy atom. The van der Waals surface area contributed by atoms with E-state index in [4.69, 9.17) is 11.6 Å². The Hall–Kier alpha value is -1.09. The molecule has 0 saturated carbocycles. The highest BCUT2D eigenvalue weighted by Gasteiger charge is 1.93. The molecule has 0 fully saturated rings. The number of carboxylic acids is 1. The average molecular weight is 173 g/mol. The Kier molecular flexibility index (Phi) is 3.54. The smallest absolute Gasteiger partial charge is 0.0900 e. The zero-order valence-electron chi connectivity index (χ0n) is 4.87. The molecule has 0 aliphatic carbocycles. The summed E-state index contributed by atoms with van der Waals surface area (Å²) in [5, 5.41) is 10.5. The standard InChI is InChI=1S/C6H4ClNO2.CH4/c7-4-1-2-8-5(3-4)6(9)10;/h1-3H,(H,9,10);1H4/p-1. The number of carboxylic acid groups (broad SMARTS) is 1. The van der Waals surface area contributed by atoms with Crippen molar-refractivity contribution in [2.75, 3.05) is 0 Å². The molecule has 3 nitrogen and oxygen atoms in total. The van der Waals surface area contributed by atoms with Crippen LogP contribution in [0.5, 0.6) is 0 Å². The molecule has 0 radical (unpaired) electrons. The number of hydrogen-bond donors (Lipinski definition) is 0. The van der Waals surface area contributed by atoms with Gasteiger partial charge in [0.1, 0.15) is 0 Å². The van der Waals surface area contributed by atoms with Crippen molar-refractivity contribution >= 4 is 17.6 Å². The second kappa shape index (κ2) is 3.93. The van der Waals surface area contributed by atoms with E-state index >= 15 is 0 Å². The first kappa shape index (κ1) is 9.91. The topological polar surface area (TPSA) is 53.0 Å². The minimum atomic E-state index is -1.32. The lowest BCUT2D eigenvalue weighted by Crippen LogP contribution is -2.23. The SMILES string of the molecule is C.O=C([O-])c1cc(Cl)ccn1. The molecule has 0 aliphatic rings. The van der Waals surface area contributed by atoms with Crippen LogP contribution >= 0.6 is 11.6 Å². The van der Waals surface area contributed by atoms with E-state index in [1.807, 2.05) is 0 Å². The van der Waals surface area contributed by atoms with E-state index in [0.717, 1.165) is 0 Å². The zero-order valence-corrected chi connectivity index (χ0v) is 5.63. The number of pyridine rings is 1. The Bertz CT molecular complexity index is 262. The molecule has 0 unspecified atom stereocenters. The maximum atomic E-state index is 10.1. The maximum absolute atomic E-state index is 10.1. The highest BCUT2D eigenvalue weighted by molar-refractivity contribution is 6.30. The Morgan fingerprint density at radius 1 is 1.64 bits per heavy atom. The van der Waals surface area contributed by atoms with Crippen molar-refractivity contribution in [2.45, 2.75) is 7.43 Å². The molecule has 0 bridgehead atoms. The van der Waals surface area contributed by atoms with Crippen molar-refractivity contribution in [1.82, 2.24) is 4.98 Å². The summed E-state index contributed by atoms with van der Waals surface area (Å²) in [6, 6.07) is 2.73. The first-order valence-electron chi connectivity index (χ1n) is 2.53. The molecule has 0 amide bonds. The fraction of sp³-hybridized carbons (Fsp3) is 0.143. The van der Waals surface area contributed by atoms with Crippen LogP contribution in [0.2, 0.25) is 5.02 Å². The second-order valence-corrected chi connectivity index (χ2v) is 2.08. The van der Waals surface area contributed by atoms with Crippen molar-refractivity contribution in [2.24, 2.45) is 0 Å². The van der Waals surface area contributed by atoms with Crippen molar-refractivity contribution < 1.29 is 9.90 Å². The van der Waals surface area contributed by atoms with Gasteiger partial charge in [0, 0.05) is 11.2 Å². The molecule has 1 rings (SSSR count). The van der Waals surface area contributed by atoms with Crippen LogP contribution in [0, 0.1) is 0 Å². The van der Waals surface area contributed by atoms with Gasteiger partial charge in [-0.3, -0.25) is 4.98 Å². The summed E-state index contributed by atoms with van der Waals surface area (Å²) < 4.78 is 0. The van der Waals surface area contributed by atoms with Crippen LogP contribution in [0.15, 0.2) is 18.3 Å². The van der Waals surface area contributed by atoms with Crippen LogP contribution in [0.1, 0.15) is 17.9 Å². The summed E-state index contributed by atoms with van der Waals surface area (Å²) in [6.45, 7) is 0. The summed E-state index contributed by atoms with van der Waals surface area (Å²) in [7, 11) is 0. The largest absolute Gasteiger partial charge is 0.543 e. The Labute approximate surface area is 69.6 Å². The number of nitrogens with zero attached hydrogens (tertiary/aromatic N) is 1. The van der Waals surface area contributed by atoms with Crippen molar-refractivity contribution in [3.63, 3.8) is 0 Å². The quantitative estimate of drug-likeness (QED) is 0.628. The summed E-state index contributed by atoms with van der Waals surface area (Å²) >= 11 is 5.46. The molecular weight excluding hydrogens is 166 g/mol. The highest BCUT2D eigenvalue weighted by atomic mass is 35.5. The zero-order chi connectivity index (χ0) is 7.56. The van der Waals surface area contributed by atoms with Gasteiger partial charge in [-0.25, -0.2) is 0 Å². The number of carbonyl (C=O) groups is 1. The van der Waals surface area contributed by atoms with E-state index in [2.05, 4.69) is 4.98 Å². The molecule has 1 heterocycles. The van der Waals surface area contributed by atoms with Crippen molar-refractivity contribution in [3.8, 4) is 0 Å². The number of aromatic nitrogens is 1. The average Bonchev–Trinajstić information content (AvgIpc) is 1.88. The minimum Gasteiger partial charge on any atom is -0.543 e. The van der Waals surface area contributed by atoms with Crippen LogP contribution in [-0.2, 0) is 0 Å². The molecule has 0 N–H and O–H groups in total. The van der Waals surface area contributed by atoms with E-state index in [-0.39, 0.29) is 13.1 Å². The van der Waals surface area contributed by atoms with Gasteiger partial charge in [-0.2, -0.15) is 0 Å². The number of halogens is 1. The van der Waals surface area contributed by atoms with Gasteiger partial charge < -0.3 is 9.90 Å². The molecule has 0 aromatic carbocycles. The van der Waals surface area contributed by atoms with E-state index in [1.165, 1.54) is 18.3 Å². The van der Waals surface area contributed by atoms with E-state index in [9.17, 15) is 9.90 Å². The molecule has 1 aromatic heterocycles. The van der Waals surface area contributed by atoms with Gasteiger partial charge >= 0.3 is 0 Å². The van der Waals surface area contributed by atoms with Gasteiger partial charge in [0.05, 0.1) is 11.7 Å². The molecule has 60 valence electrons. The summed E-state index contributed by atoms with van der Waals surface area (Å²) in [5.74, 6) is -1.32. The third-order valence-corrected chi connectivity index (χ3v) is 1.17. The Balaban J connectivity index is 0.000001000. The minimum absolute atomic E-state index is 0. The van der Waals surface area contributed by atoms with Gasteiger partial charge in [0.15, 0.2) is 0 Å². The predicted molar refractivity (Wildman–Crippen MR) is 40.3 cm³/mol.